The van der Waals surface area contributed by atoms with Gasteiger partial charge in [0.05, 0.1) is 5.56 Å². The summed E-state index contributed by atoms with van der Waals surface area (Å²) in [5, 5.41) is 19.5. The Morgan fingerprint density at radius 2 is 1.63 bits per heavy atom. The maximum Gasteiger partial charge on any atom is 0.335 e. The molecule has 3 N–H and O–H groups in total. The van der Waals surface area contributed by atoms with Crippen molar-refractivity contribution in [2.24, 2.45) is 0 Å². The number of carboxylic acid groups (broad SMARTS) is 2. The van der Waals surface area contributed by atoms with E-state index in [-0.39, 0.29) is 5.56 Å². The Bertz CT molecular complexity index is 524. The fraction of sp³-hybridized carbons (Fsp3) is 0.182. The molecule has 8 heteroatoms. The maximum atomic E-state index is 11.4. The molecule has 1 rings (SSSR count). The van der Waals surface area contributed by atoms with Crippen molar-refractivity contribution in [3.8, 4) is 0 Å². The molecule has 0 saturated carbocycles. The predicted molar refractivity (Wildman–Crippen MR) is 67.5 cm³/mol. The van der Waals surface area contributed by atoms with Gasteiger partial charge in [0.1, 0.15) is 11.5 Å². The summed E-state index contributed by atoms with van der Waals surface area (Å²) in [6, 6.07) is 5.40. The molecule has 1 atom stereocenters. The van der Waals surface area contributed by atoms with Gasteiger partial charge in [-0.25, -0.2) is 4.79 Å². The molecule has 19 heavy (non-hydrogen) atoms. The van der Waals surface area contributed by atoms with Gasteiger partial charge in [-0.05, 0) is 24.3 Å². The van der Waals surface area contributed by atoms with E-state index in [2.05, 4.69) is 5.32 Å². The molecule has 0 saturated heterocycles. The Morgan fingerprint density at radius 3 is 2.11 bits per heavy atom. The molecule has 102 valence electrons. The van der Waals surface area contributed by atoms with Gasteiger partial charge in [-0.15, -0.1) is 0 Å². The van der Waals surface area contributed by atoms with Crippen LogP contribution >= 0.6 is 0 Å². The van der Waals surface area contributed by atoms with Gasteiger partial charge in [-0.3, -0.25) is 13.8 Å². The lowest BCUT2D eigenvalue weighted by molar-refractivity contribution is -0.133. The highest BCUT2D eigenvalue weighted by Gasteiger charge is 2.11. The number of anilines is 1. The van der Waals surface area contributed by atoms with E-state index >= 15 is 0 Å². The molecule has 0 aromatic heterocycles. The second-order valence-electron chi connectivity index (χ2n) is 3.55. The van der Waals surface area contributed by atoms with Crippen LogP contribution in [0.15, 0.2) is 24.3 Å². The lowest BCUT2D eigenvalue weighted by atomic mass is 10.2. The molecule has 1 amide bonds. The van der Waals surface area contributed by atoms with Crippen molar-refractivity contribution in [1.29, 1.82) is 0 Å². The van der Waals surface area contributed by atoms with E-state index in [1.54, 1.807) is 0 Å². The molecule has 0 aliphatic heterocycles. The fourth-order valence-corrected chi connectivity index (χ4v) is 1.97. The molecular weight excluding hydrogens is 274 g/mol. The van der Waals surface area contributed by atoms with Crippen LogP contribution in [0.1, 0.15) is 10.4 Å². The molecule has 1 unspecified atom stereocenters. The van der Waals surface area contributed by atoms with Crippen molar-refractivity contribution in [2.75, 3.05) is 16.8 Å². The summed E-state index contributed by atoms with van der Waals surface area (Å²) < 4.78 is 11.2. The summed E-state index contributed by atoms with van der Waals surface area (Å²) >= 11 is 0. The van der Waals surface area contributed by atoms with E-state index in [1.807, 2.05) is 0 Å². The van der Waals surface area contributed by atoms with Gasteiger partial charge in [0, 0.05) is 16.5 Å². The van der Waals surface area contributed by atoms with Crippen molar-refractivity contribution in [3.05, 3.63) is 29.8 Å². The summed E-state index contributed by atoms with van der Waals surface area (Å²) in [7, 11) is -1.77. The molecule has 0 aliphatic rings. The average molecular weight is 285 g/mol. The summed E-state index contributed by atoms with van der Waals surface area (Å²) in [6.07, 6.45) is 0. The van der Waals surface area contributed by atoms with E-state index in [4.69, 9.17) is 10.2 Å². The number of amides is 1. The maximum absolute atomic E-state index is 11.4. The van der Waals surface area contributed by atoms with Gasteiger partial charge >= 0.3 is 11.9 Å². The summed E-state index contributed by atoms with van der Waals surface area (Å²) in [6.45, 7) is 0. The summed E-state index contributed by atoms with van der Waals surface area (Å²) in [4.78, 5) is 32.3. The first kappa shape index (κ1) is 14.8. The molecule has 1 aromatic rings. The first-order valence-corrected chi connectivity index (χ1v) is 6.57. The lowest BCUT2D eigenvalue weighted by Gasteiger charge is -2.04. The van der Waals surface area contributed by atoms with E-state index in [1.165, 1.54) is 24.3 Å². The molecule has 1 aromatic carbocycles. The first-order valence-electron chi connectivity index (χ1n) is 5.08. The van der Waals surface area contributed by atoms with Crippen molar-refractivity contribution >= 4 is 34.3 Å². The minimum atomic E-state index is -1.77. The van der Waals surface area contributed by atoms with E-state index < -0.39 is 40.2 Å². The summed E-state index contributed by atoms with van der Waals surface area (Å²) in [5.41, 5.74) is 0.426. The highest BCUT2D eigenvalue weighted by atomic mass is 32.2. The number of benzene rings is 1. The number of hydrogen-bond donors (Lipinski definition) is 3. The van der Waals surface area contributed by atoms with Crippen LogP contribution < -0.4 is 5.32 Å². The average Bonchev–Trinajstić information content (AvgIpc) is 2.27. The number of aliphatic carboxylic acids is 1. The Hall–Kier alpha value is -2.22. The van der Waals surface area contributed by atoms with Crippen molar-refractivity contribution in [3.63, 3.8) is 0 Å². The zero-order chi connectivity index (χ0) is 14.4. The van der Waals surface area contributed by atoms with Gasteiger partial charge < -0.3 is 15.5 Å². The number of nitrogens with one attached hydrogen (secondary N) is 1. The van der Waals surface area contributed by atoms with Crippen molar-refractivity contribution in [2.45, 2.75) is 0 Å². The molecular formula is C11H11NO6S. The number of carbonyl (C=O) groups excluding carboxylic acids is 1. The monoisotopic (exact) mass is 285 g/mol. The van der Waals surface area contributed by atoms with E-state index in [0.717, 1.165) is 0 Å². The second-order valence-corrected chi connectivity index (χ2v) is 5.01. The van der Waals surface area contributed by atoms with Gasteiger partial charge in [-0.2, -0.15) is 0 Å². The Kier molecular flexibility index (Phi) is 5.19. The quantitative estimate of drug-likeness (QED) is 0.684. The third-order valence-electron chi connectivity index (χ3n) is 1.99. The first-order chi connectivity index (χ1) is 8.88. The second kappa shape index (κ2) is 6.64. The molecule has 0 fully saturated rings. The van der Waals surface area contributed by atoms with Crippen LogP contribution in [0.3, 0.4) is 0 Å². The molecule has 0 heterocycles. The number of aromatic carboxylic acids is 1. The minimum Gasteiger partial charge on any atom is -0.481 e. The number of hydrogen-bond acceptors (Lipinski definition) is 4. The third kappa shape index (κ3) is 5.30. The topological polar surface area (TPSA) is 121 Å². The van der Waals surface area contributed by atoms with Crippen LogP contribution in [0.4, 0.5) is 5.69 Å². The number of carbonyl (C=O) groups is 3. The SMILES string of the molecule is O=C(O)CS(=O)CC(=O)Nc1ccc(C(=O)O)cc1. The molecule has 0 aliphatic carbocycles. The van der Waals surface area contributed by atoms with E-state index in [9.17, 15) is 18.6 Å². The zero-order valence-electron chi connectivity index (χ0n) is 9.66. The van der Waals surface area contributed by atoms with Crippen molar-refractivity contribution < 1.29 is 28.8 Å². The largest absolute Gasteiger partial charge is 0.481 e. The van der Waals surface area contributed by atoms with Gasteiger partial charge in [-0.1, -0.05) is 0 Å². The van der Waals surface area contributed by atoms with Crippen molar-refractivity contribution in [1.82, 2.24) is 0 Å². The van der Waals surface area contributed by atoms with Crippen LogP contribution in [-0.2, 0) is 20.4 Å². The third-order valence-corrected chi connectivity index (χ3v) is 3.15. The standard InChI is InChI=1S/C11H11NO6S/c13-9(5-19(18)6-10(14)15)12-8-3-1-7(2-4-8)11(16)17/h1-4H,5-6H2,(H,12,13)(H,14,15)(H,16,17). The highest BCUT2D eigenvalue weighted by molar-refractivity contribution is 7.86. The highest BCUT2D eigenvalue weighted by Crippen LogP contribution is 2.09. The number of carboxylic acids is 2. The lowest BCUT2D eigenvalue weighted by Crippen LogP contribution is -2.23. The van der Waals surface area contributed by atoms with Gasteiger partial charge in [0.25, 0.3) is 0 Å². The minimum absolute atomic E-state index is 0.0763. The van der Waals surface area contributed by atoms with Crippen LogP contribution in [-0.4, -0.2) is 43.8 Å². The van der Waals surface area contributed by atoms with Crippen LogP contribution in [0.25, 0.3) is 0 Å². The molecule has 0 radical (unpaired) electrons. The predicted octanol–water partition coefficient (Wildman–Crippen LogP) is 0.157. The number of rotatable bonds is 6. The van der Waals surface area contributed by atoms with Gasteiger partial charge in [0.2, 0.25) is 5.91 Å². The molecule has 0 spiro atoms. The fourth-order valence-electron chi connectivity index (χ4n) is 1.23. The Morgan fingerprint density at radius 1 is 1.05 bits per heavy atom. The van der Waals surface area contributed by atoms with Gasteiger partial charge in [0.15, 0.2) is 0 Å². The zero-order valence-corrected chi connectivity index (χ0v) is 10.5. The van der Waals surface area contributed by atoms with E-state index in [0.29, 0.717) is 5.69 Å². The Balaban J connectivity index is 2.55. The summed E-state index contributed by atoms with van der Waals surface area (Å²) in [5.74, 6) is -3.93. The molecule has 7 nitrogen and oxygen atoms in total. The normalized spacial score (nSPS) is 11.6. The smallest absolute Gasteiger partial charge is 0.335 e. The van der Waals surface area contributed by atoms with Crippen LogP contribution in [0.5, 0.6) is 0 Å². The Labute approximate surface area is 110 Å². The van der Waals surface area contributed by atoms with Crippen LogP contribution in [0, 0.1) is 0 Å². The molecule has 0 bridgehead atoms. The van der Waals surface area contributed by atoms with Crippen LogP contribution in [0.2, 0.25) is 0 Å².